The van der Waals surface area contributed by atoms with Crippen LogP contribution in [0.5, 0.6) is 5.75 Å². The number of anilines is 1. The van der Waals surface area contributed by atoms with E-state index < -0.39 is 17.4 Å². The summed E-state index contributed by atoms with van der Waals surface area (Å²) in [6.45, 7) is 1.22. The van der Waals surface area contributed by atoms with Gasteiger partial charge in [-0.3, -0.25) is 19.3 Å². The first-order chi connectivity index (χ1) is 18.8. The molecule has 1 aliphatic carbocycles. The van der Waals surface area contributed by atoms with E-state index >= 15 is 0 Å². The highest BCUT2D eigenvalue weighted by molar-refractivity contribution is 6.22. The van der Waals surface area contributed by atoms with Crippen LogP contribution in [0.3, 0.4) is 0 Å². The third-order valence-electron chi connectivity index (χ3n) is 8.54. The number of fused-ring (bicyclic) bond motifs is 1. The van der Waals surface area contributed by atoms with Gasteiger partial charge >= 0.3 is 5.97 Å². The zero-order chi connectivity index (χ0) is 27.6. The number of aliphatic carboxylic acids is 1. The van der Waals surface area contributed by atoms with E-state index in [2.05, 4.69) is 10.6 Å². The van der Waals surface area contributed by atoms with Crippen LogP contribution in [0.15, 0.2) is 48.5 Å². The van der Waals surface area contributed by atoms with Crippen molar-refractivity contribution in [2.45, 2.75) is 51.0 Å². The number of nitrogens with zero attached hydrogens (tertiary/aromatic N) is 1. The van der Waals surface area contributed by atoms with Gasteiger partial charge in [0.15, 0.2) is 0 Å². The molecular weight excluding hydrogens is 498 g/mol. The van der Waals surface area contributed by atoms with E-state index in [4.69, 9.17) is 4.74 Å². The number of nitrogens with one attached hydrogen (secondary N) is 2. The molecule has 9 heteroatoms. The van der Waals surface area contributed by atoms with Crippen molar-refractivity contribution in [2.75, 3.05) is 25.1 Å². The zero-order valence-corrected chi connectivity index (χ0v) is 22.2. The number of methoxy groups -OCH3 is 1. The molecule has 0 radical (unpaired) electrons. The Hall–Kier alpha value is -3.72. The highest BCUT2D eigenvalue weighted by Crippen LogP contribution is 2.42. The molecule has 39 heavy (non-hydrogen) atoms. The summed E-state index contributed by atoms with van der Waals surface area (Å²) in [5.41, 5.74) is 1.55. The summed E-state index contributed by atoms with van der Waals surface area (Å²) in [7, 11) is 1.61. The predicted octanol–water partition coefficient (Wildman–Crippen LogP) is 2.71. The zero-order valence-electron chi connectivity index (χ0n) is 22.2. The molecule has 3 atom stereocenters. The molecule has 3 aliphatic rings. The van der Waals surface area contributed by atoms with Crippen LogP contribution in [-0.2, 0) is 32.0 Å². The first-order valence-corrected chi connectivity index (χ1v) is 13.7. The molecule has 2 aromatic rings. The fraction of sp³-hybridized carbons (Fsp3) is 0.467. The number of hydrogen-bond acceptors (Lipinski definition) is 6. The lowest BCUT2D eigenvalue weighted by molar-refractivity contribution is -0.143. The van der Waals surface area contributed by atoms with Gasteiger partial charge in [-0.1, -0.05) is 37.1 Å². The summed E-state index contributed by atoms with van der Waals surface area (Å²) >= 11 is 0. The fourth-order valence-electron chi connectivity index (χ4n) is 6.31. The van der Waals surface area contributed by atoms with Gasteiger partial charge in [0.1, 0.15) is 11.8 Å². The highest BCUT2D eigenvalue weighted by atomic mass is 16.5. The molecule has 2 aromatic carbocycles. The molecule has 2 saturated heterocycles. The molecule has 2 heterocycles. The van der Waals surface area contributed by atoms with Gasteiger partial charge in [-0.05, 0) is 67.6 Å². The van der Waals surface area contributed by atoms with Crippen molar-refractivity contribution in [1.29, 1.82) is 0 Å². The van der Waals surface area contributed by atoms with Crippen LogP contribution in [0.1, 0.15) is 43.2 Å². The van der Waals surface area contributed by atoms with Crippen LogP contribution in [0.2, 0.25) is 0 Å². The SMILES string of the molecule is COc1ccc(CC2(C(=O)NC(Cc3ccc(N4C(=O)C5CCNCC5C4=O)cc3)C(=O)O)CCCC2)cc1. The molecule has 0 spiro atoms. The van der Waals surface area contributed by atoms with E-state index in [0.717, 1.165) is 30.7 Å². The number of carboxylic acid groups (broad SMARTS) is 1. The lowest BCUT2D eigenvalue weighted by atomic mass is 9.78. The predicted molar refractivity (Wildman–Crippen MR) is 144 cm³/mol. The third kappa shape index (κ3) is 5.41. The van der Waals surface area contributed by atoms with Crippen LogP contribution < -0.4 is 20.3 Å². The maximum absolute atomic E-state index is 13.5. The van der Waals surface area contributed by atoms with Gasteiger partial charge in [-0.25, -0.2) is 4.79 Å². The first kappa shape index (κ1) is 26.9. The van der Waals surface area contributed by atoms with Gasteiger partial charge in [-0.15, -0.1) is 0 Å². The number of rotatable bonds is 9. The fourth-order valence-corrected chi connectivity index (χ4v) is 6.31. The number of benzene rings is 2. The van der Waals surface area contributed by atoms with Crippen LogP contribution in [0.25, 0.3) is 0 Å². The summed E-state index contributed by atoms with van der Waals surface area (Å²) in [5, 5.41) is 15.9. The number of amides is 3. The highest BCUT2D eigenvalue weighted by Gasteiger charge is 2.49. The normalized spacial score (nSPS) is 22.8. The Bertz CT molecular complexity index is 1210. The molecule has 3 N–H and O–H groups in total. The minimum Gasteiger partial charge on any atom is -0.497 e. The van der Waals surface area contributed by atoms with Crippen molar-refractivity contribution in [1.82, 2.24) is 10.6 Å². The Kier molecular flexibility index (Phi) is 7.70. The molecule has 2 aliphatic heterocycles. The topological polar surface area (TPSA) is 125 Å². The quantitative estimate of drug-likeness (QED) is 0.423. The van der Waals surface area contributed by atoms with E-state index in [1.807, 2.05) is 24.3 Å². The van der Waals surface area contributed by atoms with Crippen molar-refractivity contribution in [2.24, 2.45) is 17.3 Å². The van der Waals surface area contributed by atoms with Crippen molar-refractivity contribution >= 4 is 29.4 Å². The minimum atomic E-state index is -1.11. The first-order valence-electron chi connectivity index (χ1n) is 13.7. The van der Waals surface area contributed by atoms with E-state index in [-0.39, 0.29) is 36.0 Å². The number of hydrogen-bond donors (Lipinski definition) is 3. The molecule has 1 saturated carbocycles. The summed E-state index contributed by atoms with van der Waals surface area (Å²) < 4.78 is 5.23. The van der Waals surface area contributed by atoms with E-state index in [9.17, 15) is 24.3 Å². The maximum atomic E-state index is 13.5. The third-order valence-corrected chi connectivity index (χ3v) is 8.54. The number of imide groups is 1. The number of ether oxygens (including phenoxy) is 1. The van der Waals surface area contributed by atoms with E-state index in [0.29, 0.717) is 43.5 Å². The second kappa shape index (κ2) is 11.2. The second-order valence-corrected chi connectivity index (χ2v) is 11.0. The largest absolute Gasteiger partial charge is 0.497 e. The molecule has 206 valence electrons. The molecule has 3 amide bonds. The smallest absolute Gasteiger partial charge is 0.326 e. The molecule has 0 aromatic heterocycles. The monoisotopic (exact) mass is 533 g/mol. The average molecular weight is 534 g/mol. The van der Waals surface area contributed by atoms with Crippen molar-refractivity contribution in [3.63, 3.8) is 0 Å². The lowest BCUT2D eigenvalue weighted by Crippen LogP contribution is -2.49. The summed E-state index contributed by atoms with van der Waals surface area (Å²) in [4.78, 5) is 52.7. The number of piperidine rings is 1. The Morgan fingerprint density at radius 3 is 2.28 bits per heavy atom. The van der Waals surface area contributed by atoms with Gasteiger partial charge in [0.25, 0.3) is 0 Å². The maximum Gasteiger partial charge on any atom is 0.326 e. The van der Waals surface area contributed by atoms with E-state index in [1.54, 1.807) is 31.4 Å². The molecule has 5 rings (SSSR count). The summed E-state index contributed by atoms with van der Waals surface area (Å²) in [5.74, 6) is -1.58. The Morgan fingerprint density at radius 2 is 1.67 bits per heavy atom. The van der Waals surface area contributed by atoms with Crippen molar-refractivity contribution < 1.29 is 29.0 Å². The van der Waals surface area contributed by atoms with Gasteiger partial charge in [0, 0.05) is 13.0 Å². The minimum absolute atomic E-state index is 0.0943. The Labute approximate surface area is 227 Å². The summed E-state index contributed by atoms with van der Waals surface area (Å²) in [6.07, 6.45) is 4.55. The number of carboxylic acids is 1. The van der Waals surface area contributed by atoms with Crippen molar-refractivity contribution in [3.05, 3.63) is 59.7 Å². The second-order valence-electron chi connectivity index (χ2n) is 11.0. The van der Waals surface area contributed by atoms with Gasteiger partial charge < -0.3 is 20.5 Å². The standard InChI is InChI=1S/C30H35N3O6/c1-39-22-10-6-20(7-11-22)17-30(13-2-3-14-30)29(38)32-25(28(36)37)16-19-4-8-21(9-5-19)33-26(34)23-12-15-31-18-24(23)27(33)35/h4-11,23-25,31H,2-3,12-18H2,1H3,(H,32,38)(H,36,37). The van der Waals surface area contributed by atoms with Crippen LogP contribution in [0.4, 0.5) is 5.69 Å². The molecule has 3 fully saturated rings. The summed E-state index contributed by atoms with van der Waals surface area (Å²) in [6, 6.07) is 13.3. The van der Waals surface area contributed by atoms with Gasteiger partial charge in [0.2, 0.25) is 17.7 Å². The van der Waals surface area contributed by atoms with Gasteiger partial charge in [-0.2, -0.15) is 0 Å². The lowest BCUT2D eigenvalue weighted by Gasteiger charge is -2.30. The van der Waals surface area contributed by atoms with Crippen LogP contribution in [0, 0.1) is 17.3 Å². The number of carbonyl (C=O) groups is 4. The van der Waals surface area contributed by atoms with E-state index in [1.165, 1.54) is 4.90 Å². The Morgan fingerprint density at radius 1 is 1.03 bits per heavy atom. The number of carbonyl (C=O) groups excluding carboxylic acids is 3. The molecule has 3 unspecified atom stereocenters. The molecule has 9 nitrogen and oxygen atoms in total. The van der Waals surface area contributed by atoms with Gasteiger partial charge in [0.05, 0.1) is 30.0 Å². The average Bonchev–Trinajstić information content (AvgIpc) is 3.52. The van der Waals surface area contributed by atoms with Crippen LogP contribution in [-0.4, -0.2) is 55.0 Å². The Balaban J connectivity index is 1.27. The van der Waals surface area contributed by atoms with Crippen LogP contribution >= 0.6 is 0 Å². The molecular formula is C30H35N3O6. The molecule has 0 bridgehead atoms. The van der Waals surface area contributed by atoms with Crippen molar-refractivity contribution in [3.8, 4) is 5.75 Å².